The van der Waals surface area contributed by atoms with E-state index in [-0.39, 0.29) is 0 Å². The van der Waals surface area contributed by atoms with Gasteiger partial charge in [0.25, 0.3) is 0 Å². The van der Waals surface area contributed by atoms with E-state index in [0.29, 0.717) is 0 Å². The molecule has 2 aliphatic rings. The van der Waals surface area contributed by atoms with Crippen molar-refractivity contribution in [1.82, 2.24) is 0 Å². The summed E-state index contributed by atoms with van der Waals surface area (Å²) in [6.45, 7) is 0. The Morgan fingerprint density at radius 2 is 0.653 bits per heavy atom. The van der Waals surface area contributed by atoms with Gasteiger partial charge in [-0.3, -0.25) is 0 Å². The molecule has 0 radical (unpaired) electrons. The Balaban J connectivity index is 1.20. The molecule has 10 rings (SSSR count). The molecule has 0 saturated carbocycles. The second kappa shape index (κ2) is 11.1. The fraction of sp³-hybridized carbons (Fsp3) is 0. The number of hydrogen-bond acceptors (Lipinski definition) is 1. The minimum atomic E-state index is 1.12. The Kier molecular flexibility index (Phi) is 6.25. The topological polar surface area (TPSA) is 3.24 Å². The van der Waals surface area contributed by atoms with Crippen molar-refractivity contribution < 1.29 is 0 Å². The Hall–Kier alpha value is -6.44. The van der Waals surface area contributed by atoms with Gasteiger partial charge in [-0.05, 0) is 114 Å². The maximum Gasteiger partial charge on any atom is 0.0468 e. The zero-order valence-electron chi connectivity index (χ0n) is 26.8. The molecule has 1 nitrogen and oxygen atoms in total. The second-order valence-electron chi connectivity index (χ2n) is 12.9. The Morgan fingerprint density at radius 3 is 1.33 bits per heavy atom. The van der Waals surface area contributed by atoms with E-state index in [1.54, 1.807) is 0 Å². The molecule has 8 aromatic rings. The molecule has 1 heteroatoms. The van der Waals surface area contributed by atoms with E-state index in [2.05, 4.69) is 193 Å². The van der Waals surface area contributed by atoms with Crippen LogP contribution in [0.4, 0.5) is 17.1 Å². The van der Waals surface area contributed by atoms with Crippen LogP contribution in [0.25, 0.3) is 77.9 Å². The normalized spacial score (nSPS) is 11.7. The number of hydrogen-bond donors (Lipinski definition) is 0. The smallest absolute Gasteiger partial charge is 0.0468 e. The largest absolute Gasteiger partial charge is 0.310 e. The van der Waals surface area contributed by atoms with E-state index in [1.807, 2.05) is 0 Å². The average Bonchev–Trinajstić information content (AvgIpc) is 3.28. The van der Waals surface area contributed by atoms with E-state index in [9.17, 15) is 0 Å². The molecular weight excluding hydrogens is 591 g/mol. The van der Waals surface area contributed by atoms with Gasteiger partial charge in [-0.1, -0.05) is 152 Å². The molecule has 2 aliphatic carbocycles. The highest BCUT2D eigenvalue weighted by atomic mass is 15.1. The van der Waals surface area contributed by atoms with Gasteiger partial charge in [0.05, 0.1) is 0 Å². The van der Waals surface area contributed by atoms with E-state index in [1.165, 1.54) is 77.9 Å². The highest BCUT2D eigenvalue weighted by molar-refractivity contribution is 6.15. The van der Waals surface area contributed by atoms with Gasteiger partial charge in [0.15, 0.2) is 0 Å². The van der Waals surface area contributed by atoms with E-state index in [4.69, 9.17) is 0 Å². The van der Waals surface area contributed by atoms with Crippen LogP contribution >= 0.6 is 0 Å². The maximum absolute atomic E-state index is 2.42. The third-order valence-electron chi connectivity index (χ3n) is 10.2. The van der Waals surface area contributed by atoms with Crippen LogP contribution in [0, 0.1) is 0 Å². The summed E-state index contributed by atoms with van der Waals surface area (Å²) in [7, 11) is 0. The predicted octanol–water partition coefficient (Wildman–Crippen LogP) is 13.5. The molecule has 228 valence electrons. The molecule has 0 heterocycles. The van der Waals surface area contributed by atoms with Crippen molar-refractivity contribution in [2.75, 3.05) is 4.90 Å². The minimum absolute atomic E-state index is 1.12. The number of benzene rings is 8. The molecule has 6 bridgehead atoms. The van der Waals surface area contributed by atoms with Gasteiger partial charge < -0.3 is 4.90 Å². The highest BCUT2D eigenvalue weighted by Crippen LogP contribution is 2.57. The van der Waals surface area contributed by atoms with Gasteiger partial charge in [-0.15, -0.1) is 0 Å². The first-order valence-electron chi connectivity index (χ1n) is 16.9. The van der Waals surface area contributed by atoms with Crippen molar-refractivity contribution >= 4 is 17.1 Å². The summed E-state index contributed by atoms with van der Waals surface area (Å²) in [5.74, 6) is 0. The first-order valence-corrected chi connectivity index (χ1v) is 16.9. The first kappa shape index (κ1) is 27.7. The zero-order valence-corrected chi connectivity index (χ0v) is 26.8. The summed E-state index contributed by atoms with van der Waals surface area (Å²) in [5.41, 5.74) is 21.2. The van der Waals surface area contributed by atoms with Crippen LogP contribution in [0.2, 0.25) is 0 Å². The van der Waals surface area contributed by atoms with Crippen molar-refractivity contribution in [3.8, 4) is 77.9 Å². The summed E-state index contributed by atoms with van der Waals surface area (Å²) in [6, 6.07) is 68.8. The SMILES string of the molecule is c1ccc(-c2ccc(N(c3cccc(-c4ccccc4)c3)c3ccc4c(c3)-c3c5cccc3-c3cccc-4c3-c3ccccc3-5)cc2)cc1. The minimum Gasteiger partial charge on any atom is -0.310 e. The summed E-state index contributed by atoms with van der Waals surface area (Å²) in [4.78, 5) is 2.41. The second-order valence-corrected chi connectivity index (χ2v) is 12.9. The van der Waals surface area contributed by atoms with Gasteiger partial charge >= 0.3 is 0 Å². The monoisotopic (exact) mass is 621 g/mol. The zero-order chi connectivity index (χ0) is 32.3. The summed E-state index contributed by atoms with van der Waals surface area (Å²) >= 11 is 0. The summed E-state index contributed by atoms with van der Waals surface area (Å²) in [5, 5.41) is 0. The Labute approximate surface area is 287 Å². The first-order chi connectivity index (χ1) is 24.3. The summed E-state index contributed by atoms with van der Waals surface area (Å²) < 4.78 is 0. The highest BCUT2D eigenvalue weighted by Gasteiger charge is 2.31. The van der Waals surface area contributed by atoms with Gasteiger partial charge in [-0.2, -0.15) is 0 Å². The lowest BCUT2D eigenvalue weighted by Gasteiger charge is -2.28. The molecule has 0 fully saturated rings. The molecule has 0 unspecified atom stereocenters. The van der Waals surface area contributed by atoms with Crippen LogP contribution in [0.1, 0.15) is 0 Å². The lowest BCUT2D eigenvalue weighted by atomic mass is 9.83. The van der Waals surface area contributed by atoms with Crippen LogP contribution in [-0.2, 0) is 0 Å². The standard InChI is InChI=1S/C48H31N/c1-3-12-32(13-4-1)34-24-26-36(27-25-34)49(37-17-9-16-35(30-37)33-14-5-2-6-15-33)38-28-29-40-43-21-11-22-44-45-23-10-20-42(48(45)46(40)31-38)39-18-7-8-19-41(39)47(43)44/h1-31H. The third-order valence-corrected chi connectivity index (χ3v) is 10.2. The van der Waals surface area contributed by atoms with Gasteiger partial charge in [0.1, 0.15) is 0 Å². The fourth-order valence-electron chi connectivity index (χ4n) is 7.97. The predicted molar refractivity (Wildman–Crippen MR) is 206 cm³/mol. The van der Waals surface area contributed by atoms with Crippen molar-refractivity contribution in [1.29, 1.82) is 0 Å². The van der Waals surface area contributed by atoms with Crippen molar-refractivity contribution in [2.24, 2.45) is 0 Å². The molecule has 0 amide bonds. The molecule has 0 aromatic heterocycles. The summed E-state index contributed by atoms with van der Waals surface area (Å²) in [6.07, 6.45) is 0. The average molecular weight is 622 g/mol. The van der Waals surface area contributed by atoms with Gasteiger partial charge in [0, 0.05) is 17.1 Å². The number of anilines is 3. The number of fused-ring (bicyclic) bond motifs is 4. The molecule has 49 heavy (non-hydrogen) atoms. The number of rotatable bonds is 5. The quantitative estimate of drug-likeness (QED) is 0.185. The Bertz CT molecular complexity index is 2510. The van der Waals surface area contributed by atoms with E-state index in [0.717, 1.165) is 17.1 Å². The van der Waals surface area contributed by atoms with Gasteiger partial charge in [-0.25, -0.2) is 0 Å². The van der Waals surface area contributed by atoms with Crippen molar-refractivity contribution in [2.45, 2.75) is 0 Å². The van der Waals surface area contributed by atoms with E-state index < -0.39 is 0 Å². The molecule has 0 spiro atoms. The molecule has 0 atom stereocenters. The van der Waals surface area contributed by atoms with Crippen LogP contribution in [0.3, 0.4) is 0 Å². The molecule has 8 aromatic carbocycles. The van der Waals surface area contributed by atoms with Gasteiger partial charge in [0.2, 0.25) is 0 Å². The third kappa shape index (κ3) is 4.40. The van der Waals surface area contributed by atoms with Crippen LogP contribution in [0.15, 0.2) is 188 Å². The van der Waals surface area contributed by atoms with Crippen molar-refractivity contribution in [3.63, 3.8) is 0 Å². The van der Waals surface area contributed by atoms with Crippen LogP contribution in [0.5, 0.6) is 0 Å². The molecule has 0 saturated heterocycles. The maximum atomic E-state index is 2.42. The molecule has 0 aliphatic heterocycles. The number of nitrogens with zero attached hydrogens (tertiary/aromatic N) is 1. The lowest BCUT2D eigenvalue weighted by molar-refractivity contribution is 1.28. The lowest BCUT2D eigenvalue weighted by Crippen LogP contribution is -2.10. The van der Waals surface area contributed by atoms with Crippen LogP contribution in [-0.4, -0.2) is 0 Å². The molecule has 0 N–H and O–H groups in total. The molecular formula is C48H31N. The van der Waals surface area contributed by atoms with Crippen molar-refractivity contribution in [3.05, 3.63) is 188 Å². The Morgan fingerprint density at radius 1 is 0.224 bits per heavy atom. The fourth-order valence-corrected chi connectivity index (χ4v) is 7.97. The van der Waals surface area contributed by atoms with E-state index >= 15 is 0 Å². The van der Waals surface area contributed by atoms with Crippen LogP contribution < -0.4 is 4.90 Å².